The van der Waals surface area contributed by atoms with Crippen molar-refractivity contribution in [2.75, 3.05) is 12.4 Å². The Hall–Kier alpha value is -2.93. The van der Waals surface area contributed by atoms with Crippen molar-refractivity contribution in [1.82, 2.24) is 9.88 Å². The minimum absolute atomic E-state index is 0.0425. The van der Waals surface area contributed by atoms with Crippen LogP contribution in [0.5, 0.6) is 0 Å². The first kappa shape index (κ1) is 17.9. The first-order valence-corrected chi connectivity index (χ1v) is 8.96. The van der Waals surface area contributed by atoms with E-state index in [9.17, 15) is 9.59 Å². The maximum absolute atomic E-state index is 12.7. The number of aromatic nitrogens is 1. The molecule has 0 fully saturated rings. The van der Waals surface area contributed by atoms with Crippen LogP contribution >= 0.6 is 11.3 Å². The molecule has 7 heteroatoms. The lowest BCUT2D eigenvalue weighted by molar-refractivity contribution is -0.128. The van der Waals surface area contributed by atoms with E-state index in [1.54, 1.807) is 24.9 Å². The van der Waals surface area contributed by atoms with Gasteiger partial charge in [0, 0.05) is 26.2 Å². The fraction of sp³-hybridized carbons (Fsp3) is 0.211. The molecule has 0 aliphatic carbocycles. The van der Waals surface area contributed by atoms with Gasteiger partial charge in [-0.3, -0.25) is 9.59 Å². The minimum Gasteiger partial charge on any atom is -0.440 e. The lowest BCUT2D eigenvalue weighted by Gasteiger charge is -2.17. The second-order valence-electron chi connectivity index (χ2n) is 5.89. The average molecular weight is 369 g/mol. The molecule has 1 N–H and O–H groups in total. The van der Waals surface area contributed by atoms with Gasteiger partial charge >= 0.3 is 0 Å². The Balaban J connectivity index is 1.82. The maximum atomic E-state index is 12.7. The summed E-state index contributed by atoms with van der Waals surface area (Å²) in [6.45, 7) is 3.63. The molecule has 2 aromatic heterocycles. The zero-order valence-corrected chi connectivity index (χ0v) is 15.6. The second kappa shape index (κ2) is 7.53. The van der Waals surface area contributed by atoms with Crippen LogP contribution in [0.3, 0.4) is 0 Å². The number of nitrogens with one attached hydrogen (secondary N) is 1. The number of oxazole rings is 1. The van der Waals surface area contributed by atoms with E-state index >= 15 is 0 Å². The van der Waals surface area contributed by atoms with Gasteiger partial charge in [0.25, 0.3) is 5.91 Å². The van der Waals surface area contributed by atoms with Crippen LogP contribution in [0.2, 0.25) is 0 Å². The number of para-hydroxylation sites is 1. The van der Waals surface area contributed by atoms with E-state index < -0.39 is 0 Å². The van der Waals surface area contributed by atoms with E-state index in [0.717, 1.165) is 10.4 Å². The Labute approximate surface area is 155 Å². The fourth-order valence-electron chi connectivity index (χ4n) is 2.44. The summed E-state index contributed by atoms with van der Waals surface area (Å²) in [4.78, 5) is 30.9. The van der Waals surface area contributed by atoms with Crippen molar-refractivity contribution in [2.45, 2.75) is 20.4 Å². The highest BCUT2D eigenvalue weighted by Gasteiger charge is 2.19. The zero-order chi connectivity index (χ0) is 18.7. The van der Waals surface area contributed by atoms with Gasteiger partial charge in [0.2, 0.25) is 11.8 Å². The van der Waals surface area contributed by atoms with E-state index in [2.05, 4.69) is 10.3 Å². The molecule has 0 atom stereocenters. The molecule has 0 aliphatic rings. The number of nitrogens with zero attached hydrogens (tertiary/aromatic N) is 2. The molecule has 0 bridgehead atoms. The predicted octanol–water partition coefficient (Wildman–Crippen LogP) is 3.94. The molecule has 6 nitrogen and oxygen atoms in total. The Bertz CT molecular complexity index is 931. The largest absolute Gasteiger partial charge is 0.440 e. The minimum atomic E-state index is -0.341. The number of hydrogen-bond donors (Lipinski definition) is 1. The van der Waals surface area contributed by atoms with Gasteiger partial charge in [0.1, 0.15) is 5.76 Å². The highest BCUT2D eigenvalue weighted by atomic mass is 32.1. The topological polar surface area (TPSA) is 75.4 Å². The predicted molar refractivity (Wildman–Crippen MR) is 101 cm³/mol. The molecule has 0 radical (unpaired) electrons. The van der Waals surface area contributed by atoms with Gasteiger partial charge in [-0.15, -0.1) is 11.3 Å². The molecule has 0 saturated carbocycles. The van der Waals surface area contributed by atoms with E-state index in [-0.39, 0.29) is 17.5 Å². The molecule has 26 heavy (non-hydrogen) atoms. The molecule has 2 heterocycles. The van der Waals surface area contributed by atoms with Crippen LogP contribution < -0.4 is 5.32 Å². The van der Waals surface area contributed by atoms with Gasteiger partial charge in [-0.2, -0.15) is 0 Å². The van der Waals surface area contributed by atoms with E-state index in [1.807, 2.05) is 35.7 Å². The molecular formula is C19H19N3O3S. The third kappa shape index (κ3) is 3.83. The summed E-state index contributed by atoms with van der Waals surface area (Å²) in [5, 5.41) is 4.80. The highest BCUT2D eigenvalue weighted by molar-refractivity contribution is 7.13. The molecule has 0 aliphatic heterocycles. The normalized spacial score (nSPS) is 10.6. The number of amides is 2. The van der Waals surface area contributed by atoms with Crippen LogP contribution in [0.1, 0.15) is 28.7 Å². The highest BCUT2D eigenvalue weighted by Crippen LogP contribution is 2.26. The summed E-state index contributed by atoms with van der Waals surface area (Å²) >= 11 is 1.50. The van der Waals surface area contributed by atoms with Crippen LogP contribution in [-0.2, 0) is 11.3 Å². The summed E-state index contributed by atoms with van der Waals surface area (Å²) in [7, 11) is 1.72. The van der Waals surface area contributed by atoms with Crippen molar-refractivity contribution in [2.24, 2.45) is 0 Å². The van der Waals surface area contributed by atoms with Gasteiger partial charge < -0.3 is 14.6 Å². The van der Waals surface area contributed by atoms with Crippen molar-refractivity contribution in [3.05, 3.63) is 58.8 Å². The third-order valence-electron chi connectivity index (χ3n) is 3.95. The average Bonchev–Trinajstić information content (AvgIpc) is 3.25. The van der Waals surface area contributed by atoms with Crippen molar-refractivity contribution in [3.8, 4) is 10.8 Å². The molecule has 0 unspecified atom stereocenters. The number of hydrogen-bond acceptors (Lipinski definition) is 5. The number of benzene rings is 1. The van der Waals surface area contributed by atoms with Gasteiger partial charge in [-0.25, -0.2) is 4.98 Å². The second-order valence-corrected chi connectivity index (χ2v) is 6.84. The molecule has 0 spiro atoms. The SMILES string of the molecule is CC(=O)N(C)Cc1ccccc1NC(=O)c1nc(-c2cccs2)oc1C. The molecule has 1 aromatic carbocycles. The Morgan fingerprint density at radius 2 is 2.00 bits per heavy atom. The van der Waals surface area contributed by atoms with Crippen LogP contribution in [0.4, 0.5) is 5.69 Å². The first-order valence-electron chi connectivity index (χ1n) is 8.08. The van der Waals surface area contributed by atoms with Crippen LogP contribution in [0, 0.1) is 6.92 Å². The first-order chi connectivity index (χ1) is 12.5. The fourth-order valence-corrected chi connectivity index (χ4v) is 3.09. The van der Waals surface area contributed by atoms with Crippen molar-refractivity contribution in [1.29, 1.82) is 0 Å². The van der Waals surface area contributed by atoms with Gasteiger partial charge in [0.15, 0.2) is 5.69 Å². The van der Waals surface area contributed by atoms with Crippen LogP contribution in [0.25, 0.3) is 10.8 Å². The number of carbonyl (C=O) groups excluding carboxylic acids is 2. The Kier molecular flexibility index (Phi) is 5.18. The summed E-state index contributed by atoms with van der Waals surface area (Å²) < 4.78 is 5.63. The van der Waals surface area contributed by atoms with E-state index in [4.69, 9.17) is 4.42 Å². The van der Waals surface area contributed by atoms with E-state index in [0.29, 0.717) is 23.9 Å². The standard InChI is InChI=1S/C19H19N3O3S/c1-12-17(21-19(25-12)16-9-6-10-26-16)18(24)20-15-8-5-4-7-14(15)11-22(3)13(2)23/h4-10H,11H2,1-3H3,(H,20,24). The van der Waals surface area contributed by atoms with E-state index in [1.165, 1.54) is 18.3 Å². The lowest BCUT2D eigenvalue weighted by Crippen LogP contribution is -2.24. The summed E-state index contributed by atoms with van der Waals surface area (Å²) in [6, 6.07) is 11.2. The quantitative estimate of drug-likeness (QED) is 0.739. The third-order valence-corrected chi connectivity index (χ3v) is 4.81. The van der Waals surface area contributed by atoms with Crippen LogP contribution in [0.15, 0.2) is 46.2 Å². The smallest absolute Gasteiger partial charge is 0.277 e. The summed E-state index contributed by atoms with van der Waals surface area (Å²) in [5.74, 6) is 0.516. The molecule has 2 amide bonds. The van der Waals surface area contributed by atoms with Crippen molar-refractivity contribution < 1.29 is 14.0 Å². The van der Waals surface area contributed by atoms with Crippen LogP contribution in [-0.4, -0.2) is 28.7 Å². The van der Waals surface area contributed by atoms with Crippen molar-refractivity contribution >= 4 is 28.8 Å². The number of rotatable bonds is 5. The number of anilines is 1. The Morgan fingerprint density at radius 3 is 2.69 bits per heavy atom. The molecule has 134 valence electrons. The maximum Gasteiger partial charge on any atom is 0.277 e. The Morgan fingerprint density at radius 1 is 1.23 bits per heavy atom. The zero-order valence-electron chi connectivity index (χ0n) is 14.8. The van der Waals surface area contributed by atoms with Crippen molar-refractivity contribution in [3.63, 3.8) is 0 Å². The number of aryl methyl sites for hydroxylation is 1. The molecule has 3 aromatic rings. The number of thiophene rings is 1. The summed E-state index contributed by atoms with van der Waals surface area (Å²) in [5.41, 5.74) is 1.74. The van der Waals surface area contributed by atoms with Gasteiger partial charge in [-0.1, -0.05) is 24.3 Å². The summed E-state index contributed by atoms with van der Waals surface area (Å²) in [6.07, 6.45) is 0. The molecule has 0 saturated heterocycles. The number of carbonyl (C=O) groups is 2. The monoisotopic (exact) mass is 369 g/mol. The van der Waals surface area contributed by atoms with Gasteiger partial charge in [0.05, 0.1) is 4.88 Å². The molecule has 3 rings (SSSR count). The lowest BCUT2D eigenvalue weighted by atomic mass is 10.1. The van der Waals surface area contributed by atoms with Gasteiger partial charge in [-0.05, 0) is 30.0 Å². The molecular weight excluding hydrogens is 350 g/mol.